The molecule has 1 unspecified atom stereocenters. The molecule has 0 saturated carbocycles. The Morgan fingerprint density at radius 2 is 2.00 bits per heavy atom. The van der Waals surface area contributed by atoms with Crippen molar-refractivity contribution in [2.24, 2.45) is 5.73 Å². The van der Waals surface area contributed by atoms with Gasteiger partial charge in [0.15, 0.2) is 0 Å². The van der Waals surface area contributed by atoms with Gasteiger partial charge in [0.05, 0.1) is 5.54 Å². The van der Waals surface area contributed by atoms with Crippen molar-refractivity contribution in [3.8, 4) is 0 Å². The van der Waals surface area contributed by atoms with Crippen molar-refractivity contribution in [2.75, 3.05) is 13.1 Å². The van der Waals surface area contributed by atoms with Gasteiger partial charge in [-0.05, 0) is 45.6 Å². The molecule has 0 aromatic heterocycles. The van der Waals surface area contributed by atoms with Crippen LogP contribution in [0.4, 0.5) is 4.79 Å². The third kappa shape index (κ3) is 3.76. The van der Waals surface area contributed by atoms with E-state index in [2.05, 4.69) is 12.1 Å². The summed E-state index contributed by atoms with van der Waals surface area (Å²) in [6.45, 7) is 6.85. The highest BCUT2D eigenvalue weighted by Gasteiger charge is 2.44. The average Bonchev–Trinajstić information content (AvgIpc) is 2.82. The molecule has 1 aliphatic heterocycles. The van der Waals surface area contributed by atoms with E-state index in [1.54, 1.807) is 0 Å². The number of hydrogen-bond acceptors (Lipinski definition) is 3. The molecule has 2 rings (SSSR count). The van der Waals surface area contributed by atoms with Gasteiger partial charge in [-0.3, -0.25) is 0 Å². The molecule has 1 heterocycles. The van der Waals surface area contributed by atoms with Crippen LogP contribution in [0.3, 0.4) is 0 Å². The van der Waals surface area contributed by atoms with Gasteiger partial charge in [-0.1, -0.05) is 30.3 Å². The maximum Gasteiger partial charge on any atom is 0.410 e. The van der Waals surface area contributed by atoms with E-state index in [-0.39, 0.29) is 11.6 Å². The van der Waals surface area contributed by atoms with E-state index >= 15 is 0 Å². The highest BCUT2D eigenvalue weighted by atomic mass is 16.6. The number of likely N-dealkylation sites (tertiary alicyclic amines) is 1. The molecule has 1 amide bonds. The molecule has 0 bridgehead atoms. The number of hydrogen-bond donors (Lipinski definition) is 1. The van der Waals surface area contributed by atoms with E-state index in [1.165, 1.54) is 5.56 Å². The summed E-state index contributed by atoms with van der Waals surface area (Å²) in [4.78, 5) is 14.3. The van der Waals surface area contributed by atoms with Crippen LogP contribution >= 0.6 is 0 Å². The summed E-state index contributed by atoms with van der Waals surface area (Å²) in [6.07, 6.45) is 2.44. The van der Waals surface area contributed by atoms with Crippen molar-refractivity contribution in [3.63, 3.8) is 0 Å². The topological polar surface area (TPSA) is 55.6 Å². The first-order valence-corrected chi connectivity index (χ1v) is 7.61. The Labute approximate surface area is 127 Å². The Kier molecular flexibility index (Phi) is 4.57. The number of amides is 1. The number of ether oxygens (including phenoxy) is 1. The Balaban J connectivity index is 2.18. The minimum Gasteiger partial charge on any atom is -0.444 e. The average molecular weight is 290 g/mol. The maximum absolute atomic E-state index is 12.5. The molecule has 1 saturated heterocycles. The normalized spacial score (nSPS) is 22.4. The zero-order valence-electron chi connectivity index (χ0n) is 13.3. The van der Waals surface area contributed by atoms with Gasteiger partial charge in [0.1, 0.15) is 5.60 Å². The molecule has 0 spiro atoms. The SMILES string of the molecule is CC(C)(C)OC(=O)N1CCCC1(CN)Cc1ccccc1. The van der Waals surface area contributed by atoms with Crippen LogP contribution in [-0.4, -0.2) is 35.2 Å². The molecule has 1 aromatic carbocycles. The Bertz CT molecular complexity index is 481. The largest absolute Gasteiger partial charge is 0.444 e. The molecule has 4 heteroatoms. The molecule has 1 aromatic rings. The first kappa shape index (κ1) is 15.8. The molecule has 0 aliphatic carbocycles. The summed E-state index contributed by atoms with van der Waals surface area (Å²) in [5.41, 5.74) is 6.47. The minimum atomic E-state index is -0.479. The fourth-order valence-corrected chi connectivity index (χ4v) is 2.98. The van der Waals surface area contributed by atoms with Crippen LogP contribution in [0.25, 0.3) is 0 Å². The summed E-state index contributed by atoms with van der Waals surface area (Å²) in [6, 6.07) is 10.2. The maximum atomic E-state index is 12.5. The van der Waals surface area contributed by atoms with Crippen LogP contribution in [0.15, 0.2) is 30.3 Å². The first-order chi connectivity index (χ1) is 9.86. The lowest BCUT2D eigenvalue weighted by molar-refractivity contribution is 0.00913. The number of carbonyl (C=O) groups excluding carboxylic acids is 1. The van der Waals surface area contributed by atoms with E-state index < -0.39 is 5.60 Å². The van der Waals surface area contributed by atoms with Crippen LogP contribution in [0.1, 0.15) is 39.2 Å². The van der Waals surface area contributed by atoms with Gasteiger partial charge >= 0.3 is 6.09 Å². The smallest absolute Gasteiger partial charge is 0.410 e. The van der Waals surface area contributed by atoms with Gasteiger partial charge in [-0.15, -0.1) is 0 Å². The van der Waals surface area contributed by atoms with Crippen LogP contribution in [0.2, 0.25) is 0 Å². The minimum absolute atomic E-state index is 0.249. The predicted octanol–water partition coefficient (Wildman–Crippen LogP) is 2.96. The Morgan fingerprint density at radius 3 is 2.57 bits per heavy atom. The highest BCUT2D eigenvalue weighted by Crippen LogP contribution is 2.33. The highest BCUT2D eigenvalue weighted by molar-refractivity contribution is 5.70. The fourth-order valence-electron chi connectivity index (χ4n) is 2.98. The molecular weight excluding hydrogens is 264 g/mol. The van der Waals surface area contributed by atoms with Gasteiger partial charge in [0.2, 0.25) is 0 Å². The molecule has 0 radical (unpaired) electrons. The number of carbonyl (C=O) groups is 1. The summed E-state index contributed by atoms with van der Waals surface area (Å²) >= 11 is 0. The quantitative estimate of drug-likeness (QED) is 0.931. The van der Waals surface area contributed by atoms with Gasteiger partial charge in [-0.25, -0.2) is 4.79 Å². The fraction of sp³-hybridized carbons (Fsp3) is 0.588. The van der Waals surface area contributed by atoms with E-state index in [9.17, 15) is 4.79 Å². The van der Waals surface area contributed by atoms with E-state index in [1.807, 2.05) is 43.9 Å². The molecule has 1 atom stereocenters. The van der Waals surface area contributed by atoms with Crippen molar-refractivity contribution in [1.82, 2.24) is 4.90 Å². The lowest BCUT2D eigenvalue weighted by atomic mass is 9.88. The van der Waals surface area contributed by atoms with Crippen molar-refractivity contribution >= 4 is 6.09 Å². The third-order valence-corrected chi connectivity index (χ3v) is 3.97. The number of benzene rings is 1. The first-order valence-electron chi connectivity index (χ1n) is 7.61. The number of nitrogens with zero attached hydrogens (tertiary/aromatic N) is 1. The molecule has 21 heavy (non-hydrogen) atoms. The Morgan fingerprint density at radius 1 is 1.33 bits per heavy atom. The molecule has 1 aliphatic rings. The van der Waals surface area contributed by atoms with E-state index in [0.717, 1.165) is 25.8 Å². The predicted molar refractivity (Wildman–Crippen MR) is 84.1 cm³/mol. The second-order valence-corrected chi connectivity index (χ2v) is 6.83. The lowest BCUT2D eigenvalue weighted by Gasteiger charge is -2.38. The summed E-state index contributed by atoms with van der Waals surface area (Å²) in [5.74, 6) is 0. The molecule has 2 N–H and O–H groups in total. The van der Waals surface area contributed by atoms with Crippen LogP contribution in [-0.2, 0) is 11.2 Å². The number of nitrogens with two attached hydrogens (primary N) is 1. The van der Waals surface area contributed by atoms with Crippen molar-refractivity contribution in [3.05, 3.63) is 35.9 Å². The van der Waals surface area contributed by atoms with Crippen LogP contribution in [0, 0.1) is 0 Å². The second kappa shape index (κ2) is 6.06. The van der Waals surface area contributed by atoms with Crippen molar-refractivity contribution in [1.29, 1.82) is 0 Å². The number of rotatable bonds is 3. The summed E-state index contributed by atoms with van der Waals surface area (Å²) < 4.78 is 5.55. The van der Waals surface area contributed by atoms with Crippen molar-refractivity contribution in [2.45, 2.75) is 51.2 Å². The summed E-state index contributed by atoms with van der Waals surface area (Å²) in [7, 11) is 0. The third-order valence-electron chi connectivity index (χ3n) is 3.97. The lowest BCUT2D eigenvalue weighted by Crippen LogP contribution is -2.54. The second-order valence-electron chi connectivity index (χ2n) is 6.83. The summed E-state index contributed by atoms with van der Waals surface area (Å²) in [5, 5.41) is 0. The monoisotopic (exact) mass is 290 g/mol. The van der Waals surface area contributed by atoms with Gasteiger partial charge < -0.3 is 15.4 Å². The Hall–Kier alpha value is -1.55. The zero-order chi connectivity index (χ0) is 15.5. The molecule has 1 fully saturated rings. The van der Waals surface area contributed by atoms with Gasteiger partial charge in [0, 0.05) is 13.1 Å². The molecular formula is C17H26N2O2. The molecule has 116 valence electrons. The van der Waals surface area contributed by atoms with Crippen LogP contribution < -0.4 is 5.73 Å². The van der Waals surface area contributed by atoms with Crippen LogP contribution in [0.5, 0.6) is 0 Å². The van der Waals surface area contributed by atoms with Gasteiger partial charge in [0.25, 0.3) is 0 Å². The van der Waals surface area contributed by atoms with Crippen molar-refractivity contribution < 1.29 is 9.53 Å². The van der Waals surface area contributed by atoms with E-state index in [0.29, 0.717) is 6.54 Å². The standard InChI is InChI=1S/C17H26N2O2/c1-16(2,3)21-15(20)19-11-7-10-17(19,13-18)12-14-8-5-4-6-9-14/h4-6,8-9H,7,10-13,18H2,1-3H3. The van der Waals surface area contributed by atoms with E-state index in [4.69, 9.17) is 10.5 Å². The molecule has 4 nitrogen and oxygen atoms in total. The zero-order valence-corrected chi connectivity index (χ0v) is 13.3. The van der Waals surface area contributed by atoms with Gasteiger partial charge in [-0.2, -0.15) is 0 Å².